The van der Waals surface area contributed by atoms with Crippen LogP contribution in [-0.4, -0.2) is 51.0 Å². The first-order valence-electron chi connectivity index (χ1n) is 12.5. The van der Waals surface area contributed by atoms with Crippen LogP contribution in [0.1, 0.15) is 44.3 Å². The van der Waals surface area contributed by atoms with Crippen molar-refractivity contribution in [1.29, 1.82) is 0 Å². The van der Waals surface area contributed by atoms with Crippen LogP contribution >= 0.6 is 0 Å². The summed E-state index contributed by atoms with van der Waals surface area (Å²) in [6.45, 7) is -0.0830. The fourth-order valence-corrected chi connectivity index (χ4v) is 4.34. The lowest BCUT2D eigenvalue weighted by Gasteiger charge is -2.24. The molecule has 2 amide bonds. The summed E-state index contributed by atoms with van der Waals surface area (Å²) in [6, 6.07) is 26.1. The summed E-state index contributed by atoms with van der Waals surface area (Å²) in [6.07, 6.45) is 3.05. The zero-order valence-corrected chi connectivity index (χ0v) is 21.2. The van der Waals surface area contributed by atoms with Crippen molar-refractivity contribution in [2.24, 2.45) is 0 Å². The number of aliphatic hydroxyl groups excluding tert-OH is 1. The number of carbonyl (C=O) groups excluding carboxylic acids is 2. The third-order valence-electron chi connectivity index (χ3n) is 6.29. The average Bonchev–Trinajstić information content (AvgIpc) is 2.98. The maximum Gasteiger partial charge on any atom is 0.305 e. The van der Waals surface area contributed by atoms with Gasteiger partial charge in [-0.1, -0.05) is 72.8 Å². The van der Waals surface area contributed by atoms with E-state index in [0.29, 0.717) is 22.3 Å². The summed E-state index contributed by atoms with van der Waals surface area (Å²) >= 11 is 0. The molecule has 198 valence electrons. The lowest BCUT2D eigenvalue weighted by atomic mass is 9.94. The zero-order chi connectivity index (χ0) is 27.6. The molecule has 1 heterocycles. The second-order valence-electron chi connectivity index (χ2n) is 8.94. The van der Waals surface area contributed by atoms with E-state index < -0.39 is 17.9 Å². The number of carboxylic acids is 1. The van der Waals surface area contributed by atoms with Crippen molar-refractivity contribution in [3.05, 3.63) is 126 Å². The van der Waals surface area contributed by atoms with E-state index in [2.05, 4.69) is 10.3 Å². The fraction of sp³-hybridized carbons (Fsp3) is 0.161. The Kier molecular flexibility index (Phi) is 9.16. The van der Waals surface area contributed by atoms with Crippen LogP contribution in [0.3, 0.4) is 0 Å². The number of aliphatic carboxylic acids is 1. The molecule has 0 aliphatic carbocycles. The highest BCUT2D eigenvalue weighted by atomic mass is 16.4. The number of nitrogens with zero attached hydrogens (tertiary/aromatic N) is 2. The Labute approximate surface area is 226 Å². The van der Waals surface area contributed by atoms with Gasteiger partial charge in [-0.05, 0) is 40.5 Å². The first kappa shape index (κ1) is 27.2. The third-order valence-corrected chi connectivity index (χ3v) is 6.29. The molecule has 4 rings (SSSR count). The Morgan fingerprint density at radius 1 is 0.821 bits per heavy atom. The molecule has 0 aliphatic heterocycles. The largest absolute Gasteiger partial charge is 0.481 e. The van der Waals surface area contributed by atoms with E-state index in [0.717, 1.165) is 11.1 Å². The molecular weight excluding hydrogens is 494 g/mol. The molecule has 0 radical (unpaired) electrons. The van der Waals surface area contributed by atoms with Gasteiger partial charge >= 0.3 is 5.97 Å². The van der Waals surface area contributed by atoms with Gasteiger partial charge in [-0.2, -0.15) is 0 Å². The number of carboxylic acid groups (broad SMARTS) is 1. The van der Waals surface area contributed by atoms with Crippen LogP contribution in [-0.2, 0) is 11.3 Å². The fourth-order valence-electron chi connectivity index (χ4n) is 4.34. The van der Waals surface area contributed by atoms with Gasteiger partial charge in [-0.3, -0.25) is 19.4 Å². The molecule has 0 saturated carbocycles. The topological polar surface area (TPSA) is 120 Å². The maximum atomic E-state index is 13.8. The van der Waals surface area contributed by atoms with Crippen molar-refractivity contribution in [3.63, 3.8) is 0 Å². The number of rotatable bonds is 11. The van der Waals surface area contributed by atoms with Gasteiger partial charge in [-0.15, -0.1) is 0 Å². The summed E-state index contributed by atoms with van der Waals surface area (Å²) in [4.78, 5) is 44.1. The molecule has 8 nitrogen and oxygen atoms in total. The van der Waals surface area contributed by atoms with E-state index in [9.17, 15) is 24.6 Å². The molecule has 0 unspecified atom stereocenters. The molecule has 0 aliphatic rings. The first-order chi connectivity index (χ1) is 19.0. The molecule has 0 saturated heterocycles. The summed E-state index contributed by atoms with van der Waals surface area (Å²) in [7, 11) is 0. The predicted molar refractivity (Wildman–Crippen MR) is 147 cm³/mol. The first-order valence-corrected chi connectivity index (χ1v) is 12.5. The van der Waals surface area contributed by atoms with E-state index in [1.807, 2.05) is 36.4 Å². The van der Waals surface area contributed by atoms with Crippen molar-refractivity contribution in [1.82, 2.24) is 15.2 Å². The summed E-state index contributed by atoms with van der Waals surface area (Å²) in [5.74, 6) is -1.76. The molecule has 4 aromatic rings. The van der Waals surface area contributed by atoms with Crippen LogP contribution in [0.15, 0.2) is 103 Å². The quantitative estimate of drug-likeness (QED) is 0.269. The standard InChI is InChI=1S/C31H29N3O5/c35-21-28(23-10-2-1-3-11-23)33-30(38)26-14-6-4-12-24(26)25-13-5-7-15-27(25)31(39)34(18-16-29(36)37)20-22-9-8-17-32-19-22/h1-15,17,19,28,35H,16,18,20-21H2,(H,33,38)(H,36,37)/t28-/m0/s1. The number of pyridine rings is 1. The molecule has 0 spiro atoms. The molecule has 39 heavy (non-hydrogen) atoms. The lowest BCUT2D eigenvalue weighted by Crippen LogP contribution is -2.33. The van der Waals surface area contributed by atoms with Crippen molar-refractivity contribution in [3.8, 4) is 11.1 Å². The Morgan fingerprint density at radius 2 is 1.46 bits per heavy atom. The van der Waals surface area contributed by atoms with Gasteiger partial charge in [0.1, 0.15) is 0 Å². The summed E-state index contributed by atoms with van der Waals surface area (Å²) in [5, 5.41) is 22.1. The van der Waals surface area contributed by atoms with Crippen molar-refractivity contribution in [2.75, 3.05) is 13.2 Å². The minimum absolute atomic E-state index is 0.00871. The van der Waals surface area contributed by atoms with E-state index in [1.54, 1.807) is 67.0 Å². The predicted octanol–water partition coefficient (Wildman–Crippen LogP) is 4.33. The Hall–Kier alpha value is -4.82. The van der Waals surface area contributed by atoms with Crippen molar-refractivity contribution < 1.29 is 24.6 Å². The van der Waals surface area contributed by atoms with Crippen molar-refractivity contribution >= 4 is 17.8 Å². The minimum Gasteiger partial charge on any atom is -0.481 e. The minimum atomic E-state index is -1.01. The van der Waals surface area contributed by atoms with Gasteiger partial charge < -0.3 is 20.4 Å². The number of aliphatic hydroxyl groups is 1. The van der Waals surface area contributed by atoms with E-state index in [4.69, 9.17) is 0 Å². The highest BCUT2D eigenvalue weighted by Crippen LogP contribution is 2.29. The number of hydrogen-bond donors (Lipinski definition) is 3. The van der Waals surface area contributed by atoms with E-state index in [1.165, 1.54) is 4.90 Å². The normalized spacial score (nSPS) is 11.4. The maximum absolute atomic E-state index is 13.8. The molecule has 1 atom stereocenters. The molecule has 8 heteroatoms. The van der Waals surface area contributed by atoms with Gasteiger partial charge in [0.15, 0.2) is 0 Å². The molecular formula is C31H29N3O5. The molecule has 3 N–H and O–H groups in total. The second kappa shape index (κ2) is 13.1. The monoisotopic (exact) mass is 523 g/mol. The van der Waals surface area contributed by atoms with E-state index in [-0.39, 0.29) is 32.0 Å². The SMILES string of the molecule is O=C(O)CCN(Cc1cccnc1)C(=O)c1ccccc1-c1ccccc1C(=O)N[C@@H](CO)c1ccccc1. The summed E-state index contributed by atoms with van der Waals surface area (Å²) < 4.78 is 0. The number of benzene rings is 3. The van der Waals surface area contributed by atoms with Gasteiger partial charge in [0, 0.05) is 36.6 Å². The van der Waals surface area contributed by atoms with Gasteiger partial charge in [0.25, 0.3) is 11.8 Å². The van der Waals surface area contributed by atoms with Crippen LogP contribution in [0.4, 0.5) is 0 Å². The Balaban J connectivity index is 1.67. The number of carbonyl (C=O) groups is 3. The Bertz CT molecular complexity index is 1430. The number of hydrogen-bond acceptors (Lipinski definition) is 5. The zero-order valence-electron chi connectivity index (χ0n) is 21.2. The smallest absolute Gasteiger partial charge is 0.305 e. The van der Waals surface area contributed by atoms with Gasteiger partial charge in [0.05, 0.1) is 19.1 Å². The molecule has 0 bridgehead atoms. The highest BCUT2D eigenvalue weighted by molar-refractivity contribution is 6.06. The Morgan fingerprint density at radius 3 is 2.10 bits per heavy atom. The van der Waals surface area contributed by atoms with Gasteiger partial charge in [0.2, 0.25) is 0 Å². The van der Waals surface area contributed by atoms with Crippen LogP contribution in [0.25, 0.3) is 11.1 Å². The third kappa shape index (κ3) is 6.94. The van der Waals surface area contributed by atoms with Crippen LogP contribution < -0.4 is 5.32 Å². The van der Waals surface area contributed by atoms with E-state index >= 15 is 0 Å². The number of amides is 2. The summed E-state index contributed by atoms with van der Waals surface area (Å²) in [5.41, 5.74) is 3.31. The van der Waals surface area contributed by atoms with Gasteiger partial charge in [-0.25, -0.2) is 0 Å². The number of nitrogens with one attached hydrogen (secondary N) is 1. The van der Waals surface area contributed by atoms with Crippen molar-refractivity contribution in [2.45, 2.75) is 19.0 Å². The van der Waals surface area contributed by atoms with Crippen LogP contribution in [0.5, 0.6) is 0 Å². The molecule has 1 aromatic heterocycles. The highest BCUT2D eigenvalue weighted by Gasteiger charge is 2.24. The van der Waals surface area contributed by atoms with Crippen LogP contribution in [0, 0.1) is 0 Å². The average molecular weight is 524 g/mol. The number of aromatic nitrogens is 1. The molecule has 0 fully saturated rings. The second-order valence-corrected chi connectivity index (χ2v) is 8.94. The van der Waals surface area contributed by atoms with Crippen LogP contribution in [0.2, 0.25) is 0 Å². The lowest BCUT2D eigenvalue weighted by molar-refractivity contribution is -0.137. The molecule has 3 aromatic carbocycles.